The van der Waals surface area contributed by atoms with E-state index in [9.17, 15) is 4.79 Å². The Kier molecular flexibility index (Phi) is 6.76. The van der Waals surface area contributed by atoms with Gasteiger partial charge < -0.3 is 4.74 Å². The van der Waals surface area contributed by atoms with Crippen LogP contribution in [0, 0.1) is 13.8 Å². The number of ether oxygens (including phenoxy) is 1. The third kappa shape index (κ3) is 6.02. The summed E-state index contributed by atoms with van der Waals surface area (Å²) in [6, 6.07) is 11.7. The first-order valence-electron chi connectivity index (χ1n) is 8.19. The van der Waals surface area contributed by atoms with Crippen LogP contribution in [0.2, 0.25) is 0 Å². The van der Waals surface area contributed by atoms with Crippen molar-refractivity contribution in [2.45, 2.75) is 40.2 Å². The van der Waals surface area contributed by atoms with E-state index in [2.05, 4.69) is 32.5 Å². The molecule has 0 radical (unpaired) electrons. The predicted molar refractivity (Wildman–Crippen MR) is 105 cm³/mol. The SMILES string of the molecule is Cc1ccc(CC(=O)N/N=C\c2ccc(OC(C)C)c(Br)c2)c(C)c1. The monoisotopic (exact) mass is 402 g/mol. The zero-order valence-electron chi connectivity index (χ0n) is 15.0. The molecule has 0 saturated heterocycles. The van der Waals surface area contributed by atoms with Crippen LogP contribution in [-0.4, -0.2) is 18.2 Å². The highest BCUT2D eigenvalue weighted by Crippen LogP contribution is 2.26. The topological polar surface area (TPSA) is 50.7 Å². The number of hydrazone groups is 1. The van der Waals surface area contributed by atoms with Gasteiger partial charge in [0, 0.05) is 0 Å². The van der Waals surface area contributed by atoms with Crippen molar-refractivity contribution in [3.8, 4) is 5.75 Å². The molecule has 0 aliphatic carbocycles. The molecule has 1 amide bonds. The van der Waals surface area contributed by atoms with Gasteiger partial charge in [0.2, 0.25) is 5.91 Å². The molecule has 2 aromatic rings. The number of aryl methyl sites for hydroxylation is 2. The largest absolute Gasteiger partial charge is 0.490 e. The lowest BCUT2D eigenvalue weighted by Gasteiger charge is -2.11. The Balaban J connectivity index is 1.94. The van der Waals surface area contributed by atoms with Crippen LogP contribution in [0.1, 0.15) is 36.1 Å². The normalized spacial score (nSPS) is 11.1. The van der Waals surface area contributed by atoms with Gasteiger partial charge in [0.1, 0.15) is 5.75 Å². The molecule has 5 heteroatoms. The van der Waals surface area contributed by atoms with Gasteiger partial charge in [0.15, 0.2) is 0 Å². The molecule has 0 unspecified atom stereocenters. The average Bonchev–Trinajstić information content (AvgIpc) is 2.52. The van der Waals surface area contributed by atoms with Crippen LogP contribution < -0.4 is 10.2 Å². The second-order valence-corrected chi connectivity index (χ2v) is 7.11. The van der Waals surface area contributed by atoms with Crippen molar-refractivity contribution >= 4 is 28.1 Å². The van der Waals surface area contributed by atoms with Crippen LogP contribution in [0.15, 0.2) is 46.0 Å². The van der Waals surface area contributed by atoms with Crippen molar-refractivity contribution in [3.05, 3.63) is 63.1 Å². The maximum Gasteiger partial charge on any atom is 0.244 e. The molecule has 4 nitrogen and oxygen atoms in total. The summed E-state index contributed by atoms with van der Waals surface area (Å²) < 4.78 is 6.52. The minimum absolute atomic E-state index is 0.111. The number of nitrogens with one attached hydrogen (secondary N) is 1. The Morgan fingerprint density at radius 2 is 2.00 bits per heavy atom. The molecule has 0 spiro atoms. The van der Waals surface area contributed by atoms with Crippen molar-refractivity contribution < 1.29 is 9.53 Å². The van der Waals surface area contributed by atoms with Crippen LogP contribution in [0.5, 0.6) is 5.75 Å². The highest BCUT2D eigenvalue weighted by Gasteiger charge is 2.06. The maximum atomic E-state index is 12.0. The second kappa shape index (κ2) is 8.81. The van der Waals surface area contributed by atoms with Gasteiger partial charge in [-0.1, -0.05) is 23.8 Å². The predicted octanol–water partition coefficient (Wildman–Crippen LogP) is 4.55. The third-order valence-electron chi connectivity index (χ3n) is 3.57. The fourth-order valence-electron chi connectivity index (χ4n) is 2.38. The minimum atomic E-state index is -0.137. The Labute approximate surface area is 157 Å². The van der Waals surface area contributed by atoms with E-state index in [1.54, 1.807) is 6.21 Å². The van der Waals surface area contributed by atoms with E-state index in [1.165, 1.54) is 5.56 Å². The van der Waals surface area contributed by atoms with E-state index < -0.39 is 0 Å². The lowest BCUT2D eigenvalue weighted by Crippen LogP contribution is -2.20. The lowest BCUT2D eigenvalue weighted by molar-refractivity contribution is -0.120. The lowest BCUT2D eigenvalue weighted by atomic mass is 10.0. The van der Waals surface area contributed by atoms with Gasteiger partial charge in [-0.15, -0.1) is 0 Å². The molecule has 0 fully saturated rings. The summed E-state index contributed by atoms with van der Waals surface area (Å²) in [5, 5.41) is 4.03. The highest BCUT2D eigenvalue weighted by molar-refractivity contribution is 9.10. The molecule has 2 rings (SSSR count). The highest BCUT2D eigenvalue weighted by atomic mass is 79.9. The van der Waals surface area contributed by atoms with Gasteiger partial charge in [-0.2, -0.15) is 5.10 Å². The smallest absolute Gasteiger partial charge is 0.244 e. The molecule has 0 aliphatic rings. The molecule has 0 bridgehead atoms. The van der Waals surface area contributed by atoms with Gasteiger partial charge in [0.25, 0.3) is 0 Å². The van der Waals surface area contributed by atoms with Gasteiger partial charge in [-0.3, -0.25) is 4.79 Å². The summed E-state index contributed by atoms with van der Waals surface area (Å²) in [6.45, 7) is 8.01. The fourth-order valence-corrected chi connectivity index (χ4v) is 2.87. The van der Waals surface area contributed by atoms with Crippen LogP contribution in [-0.2, 0) is 11.2 Å². The van der Waals surface area contributed by atoms with E-state index in [0.717, 1.165) is 26.9 Å². The van der Waals surface area contributed by atoms with Crippen molar-refractivity contribution in [1.82, 2.24) is 5.43 Å². The second-order valence-electron chi connectivity index (χ2n) is 6.26. The number of hydrogen-bond acceptors (Lipinski definition) is 3. The maximum absolute atomic E-state index is 12.0. The molecule has 1 N–H and O–H groups in total. The molecule has 25 heavy (non-hydrogen) atoms. The van der Waals surface area contributed by atoms with Crippen molar-refractivity contribution in [2.24, 2.45) is 5.10 Å². The Morgan fingerprint density at radius 1 is 1.24 bits per heavy atom. The number of rotatable bonds is 6. The molecule has 2 aromatic carbocycles. The Hall–Kier alpha value is -2.14. The summed E-state index contributed by atoms with van der Waals surface area (Å²) in [4.78, 5) is 12.0. The van der Waals surface area contributed by atoms with Crippen molar-refractivity contribution in [1.29, 1.82) is 0 Å². The fraction of sp³-hybridized carbons (Fsp3) is 0.300. The van der Waals surface area contributed by atoms with E-state index in [-0.39, 0.29) is 12.0 Å². The number of nitrogens with zero attached hydrogens (tertiary/aromatic N) is 1. The Bertz CT molecular complexity index is 785. The number of benzene rings is 2. The number of carbonyl (C=O) groups is 1. The van der Waals surface area contributed by atoms with Crippen LogP contribution >= 0.6 is 15.9 Å². The zero-order valence-corrected chi connectivity index (χ0v) is 16.6. The molecule has 0 aliphatic heterocycles. The zero-order chi connectivity index (χ0) is 18.4. The van der Waals surface area contributed by atoms with E-state index >= 15 is 0 Å². The summed E-state index contributed by atoms with van der Waals surface area (Å²) in [6.07, 6.45) is 2.04. The molecule has 0 heterocycles. The van der Waals surface area contributed by atoms with Crippen LogP contribution in [0.4, 0.5) is 0 Å². The first-order valence-corrected chi connectivity index (χ1v) is 8.98. The molecule has 132 valence electrons. The van der Waals surface area contributed by atoms with Crippen molar-refractivity contribution in [3.63, 3.8) is 0 Å². The molecule has 0 saturated carbocycles. The quantitative estimate of drug-likeness (QED) is 0.569. The number of hydrogen-bond donors (Lipinski definition) is 1. The number of carbonyl (C=O) groups excluding carboxylic acids is 1. The molecular formula is C20H23BrN2O2. The van der Waals surface area contributed by atoms with E-state index in [4.69, 9.17) is 4.74 Å². The summed E-state index contributed by atoms with van der Waals surface area (Å²) in [5.74, 6) is 0.646. The van der Waals surface area contributed by atoms with Gasteiger partial charge in [0.05, 0.1) is 23.2 Å². The van der Waals surface area contributed by atoms with E-state index in [0.29, 0.717) is 6.42 Å². The summed E-state index contributed by atoms with van der Waals surface area (Å²) >= 11 is 3.48. The molecule has 0 aromatic heterocycles. The van der Waals surface area contributed by atoms with Crippen molar-refractivity contribution in [2.75, 3.05) is 0 Å². The summed E-state index contributed by atoms with van der Waals surface area (Å²) in [5.41, 5.74) is 6.76. The van der Waals surface area contributed by atoms with Gasteiger partial charge in [-0.25, -0.2) is 5.43 Å². The minimum Gasteiger partial charge on any atom is -0.490 e. The first-order chi connectivity index (χ1) is 11.8. The van der Waals surface area contributed by atoms with Gasteiger partial charge >= 0.3 is 0 Å². The average molecular weight is 403 g/mol. The number of halogens is 1. The van der Waals surface area contributed by atoms with Crippen LogP contribution in [0.25, 0.3) is 0 Å². The Morgan fingerprint density at radius 3 is 2.64 bits per heavy atom. The van der Waals surface area contributed by atoms with E-state index in [1.807, 2.05) is 58.0 Å². The third-order valence-corrected chi connectivity index (χ3v) is 4.19. The number of amides is 1. The standard InChI is InChI=1S/C20H23BrN2O2/c1-13(2)25-19-8-6-16(10-18(19)21)12-22-23-20(24)11-17-7-5-14(3)9-15(17)4/h5-10,12-13H,11H2,1-4H3,(H,23,24)/b22-12-. The van der Waals surface area contributed by atoms with Crippen LogP contribution in [0.3, 0.4) is 0 Å². The van der Waals surface area contributed by atoms with Gasteiger partial charge in [-0.05, 0) is 78.5 Å². The molecule has 0 atom stereocenters. The summed E-state index contributed by atoms with van der Waals surface area (Å²) in [7, 11) is 0. The molecular weight excluding hydrogens is 380 g/mol. The first kappa shape index (κ1) is 19.2.